The summed E-state index contributed by atoms with van der Waals surface area (Å²) in [7, 11) is 0. The van der Waals surface area contributed by atoms with Crippen molar-refractivity contribution >= 4 is 18.0 Å². The van der Waals surface area contributed by atoms with Crippen LogP contribution in [-0.2, 0) is 20.9 Å². The molecule has 0 aromatic heterocycles. The van der Waals surface area contributed by atoms with E-state index in [4.69, 9.17) is 9.47 Å². The molecule has 0 aliphatic carbocycles. The Morgan fingerprint density at radius 1 is 0.923 bits per heavy atom. The fraction of sp³-hybridized carbons (Fsp3) is 0.211. The minimum atomic E-state index is -0.884. The second-order valence-electron chi connectivity index (χ2n) is 5.10. The number of para-hydroxylation sites is 1. The van der Waals surface area contributed by atoms with Crippen molar-refractivity contribution in [1.82, 2.24) is 5.32 Å². The molecule has 2 rings (SSSR count). The topological polar surface area (TPSA) is 90.9 Å². The van der Waals surface area contributed by atoms with Crippen LogP contribution in [0.4, 0.5) is 4.79 Å². The van der Waals surface area contributed by atoms with E-state index in [0.29, 0.717) is 11.3 Å². The molecular formula is C19H19NO6. The second kappa shape index (κ2) is 9.83. The third kappa shape index (κ3) is 5.94. The van der Waals surface area contributed by atoms with E-state index in [2.05, 4.69) is 4.74 Å². The van der Waals surface area contributed by atoms with Gasteiger partial charge in [-0.1, -0.05) is 36.4 Å². The van der Waals surface area contributed by atoms with Crippen LogP contribution in [0.3, 0.4) is 0 Å². The number of carbonyl (C=O) groups excluding carboxylic acids is 3. The van der Waals surface area contributed by atoms with Gasteiger partial charge in [-0.25, -0.2) is 9.59 Å². The number of imide groups is 1. The zero-order valence-corrected chi connectivity index (χ0v) is 14.3. The molecule has 2 amide bonds. The Morgan fingerprint density at radius 3 is 2.35 bits per heavy atom. The summed E-state index contributed by atoms with van der Waals surface area (Å²) in [5.74, 6) is -0.782. The minimum Gasteiger partial charge on any atom is -0.489 e. The third-order valence-corrected chi connectivity index (χ3v) is 3.23. The van der Waals surface area contributed by atoms with Crippen LogP contribution >= 0.6 is 0 Å². The lowest BCUT2D eigenvalue weighted by atomic mass is 10.1. The van der Waals surface area contributed by atoms with E-state index in [1.54, 1.807) is 43.3 Å². The third-order valence-electron chi connectivity index (χ3n) is 3.23. The Balaban J connectivity index is 1.92. The molecule has 0 heterocycles. The number of nitrogens with one attached hydrogen (secondary N) is 1. The Hall–Kier alpha value is -3.35. The number of ether oxygens (including phenoxy) is 3. The van der Waals surface area contributed by atoms with Gasteiger partial charge in [0.1, 0.15) is 12.4 Å². The van der Waals surface area contributed by atoms with Gasteiger partial charge in [0.15, 0.2) is 6.61 Å². The molecule has 0 bridgehead atoms. The number of amides is 2. The van der Waals surface area contributed by atoms with Gasteiger partial charge in [0.2, 0.25) is 0 Å². The molecule has 7 nitrogen and oxygen atoms in total. The standard InChI is InChI=1S/C19H19NO6/c1-2-24-19(23)20-17(21)13-26-18(22)16-11-7-6-8-14(16)12-25-15-9-4-3-5-10-15/h3-11H,2,12-13H2,1H3,(H,20,21,23). The van der Waals surface area contributed by atoms with Crippen molar-refractivity contribution in [2.24, 2.45) is 0 Å². The molecule has 2 aromatic rings. The maximum atomic E-state index is 12.2. The van der Waals surface area contributed by atoms with Crippen molar-refractivity contribution in [2.45, 2.75) is 13.5 Å². The maximum Gasteiger partial charge on any atom is 0.413 e. The molecule has 0 saturated carbocycles. The van der Waals surface area contributed by atoms with Crippen LogP contribution in [0, 0.1) is 0 Å². The first-order valence-electron chi connectivity index (χ1n) is 7.99. The summed E-state index contributed by atoms with van der Waals surface area (Å²) in [5.41, 5.74) is 0.902. The smallest absolute Gasteiger partial charge is 0.413 e. The number of benzene rings is 2. The molecule has 7 heteroatoms. The molecule has 0 aliphatic heterocycles. The van der Waals surface area contributed by atoms with E-state index in [-0.39, 0.29) is 18.8 Å². The lowest BCUT2D eigenvalue weighted by molar-refractivity contribution is -0.123. The Morgan fingerprint density at radius 2 is 1.62 bits per heavy atom. The summed E-state index contributed by atoms with van der Waals surface area (Å²) in [6.45, 7) is 1.32. The quantitative estimate of drug-likeness (QED) is 0.766. The van der Waals surface area contributed by atoms with E-state index in [1.165, 1.54) is 0 Å². The number of hydrogen-bond acceptors (Lipinski definition) is 6. The van der Waals surface area contributed by atoms with Crippen LogP contribution in [0.25, 0.3) is 0 Å². The molecule has 0 saturated heterocycles. The van der Waals surface area contributed by atoms with Crippen molar-refractivity contribution in [2.75, 3.05) is 13.2 Å². The highest BCUT2D eigenvalue weighted by molar-refractivity contribution is 5.96. The van der Waals surface area contributed by atoms with Crippen LogP contribution in [0.5, 0.6) is 5.75 Å². The highest BCUT2D eigenvalue weighted by Crippen LogP contribution is 2.15. The van der Waals surface area contributed by atoms with E-state index >= 15 is 0 Å². The van der Waals surface area contributed by atoms with Gasteiger partial charge in [-0.2, -0.15) is 0 Å². The molecule has 0 spiro atoms. The van der Waals surface area contributed by atoms with Gasteiger partial charge in [0, 0.05) is 5.56 Å². The monoisotopic (exact) mass is 357 g/mol. The zero-order valence-electron chi connectivity index (χ0n) is 14.3. The summed E-state index contributed by atoms with van der Waals surface area (Å²) in [6.07, 6.45) is -0.884. The largest absolute Gasteiger partial charge is 0.489 e. The summed E-state index contributed by atoms with van der Waals surface area (Å²) < 4.78 is 15.2. The number of alkyl carbamates (subject to hydrolysis) is 1. The van der Waals surface area contributed by atoms with Gasteiger partial charge in [-0.15, -0.1) is 0 Å². The fourth-order valence-electron chi connectivity index (χ4n) is 2.05. The van der Waals surface area contributed by atoms with Crippen molar-refractivity contribution in [1.29, 1.82) is 0 Å². The average Bonchev–Trinajstić information content (AvgIpc) is 2.65. The summed E-state index contributed by atoms with van der Waals surface area (Å²) in [5, 5.41) is 1.95. The zero-order chi connectivity index (χ0) is 18.8. The van der Waals surface area contributed by atoms with Gasteiger partial charge in [-0.3, -0.25) is 10.1 Å². The highest BCUT2D eigenvalue weighted by Gasteiger charge is 2.16. The first kappa shape index (κ1) is 19.0. The molecule has 1 N–H and O–H groups in total. The molecule has 26 heavy (non-hydrogen) atoms. The van der Waals surface area contributed by atoms with Crippen molar-refractivity contribution in [3.8, 4) is 5.75 Å². The van der Waals surface area contributed by atoms with Crippen molar-refractivity contribution < 1.29 is 28.6 Å². The molecule has 0 radical (unpaired) electrons. The number of esters is 1. The van der Waals surface area contributed by atoms with Crippen LogP contribution in [-0.4, -0.2) is 31.2 Å². The van der Waals surface area contributed by atoms with E-state index in [0.717, 1.165) is 0 Å². The lowest BCUT2D eigenvalue weighted by Gasteiger charge is -2.11. The molecule has 2 aromatic carbocycles. The second-order valence-corrected chi connectivity index (χ2v) is 5.10. The predicted molar refractivity (Wildman–Crippen MR) is 92.7 cm³/mol. The molecule has 0 atom stereocenters. The van der Waals surface area contributed by atoms with Crippen LogP contribution in [0.1, 0.15) is 22.8 Å². The van der Waals surface area contributed by atoms with Crippen LogP contribution < -0.4 is 10.1 Å². The first-order chi connectivity index (χ1) is 12.6. The van der Waals surface area contributed by atoms with Gasteiger partial charge < -0.3 is 14.2 Å². The maximum absolute atomic E-state index is 12.2. The van der Waals surface area contributed by atoms with Crippen molar-refractivity contribution in [3.05, 3.63) is 65.7 Å². The number of rotatable bonds is 7. The van der Waals surface area contributed by atoms with E-state index in [9.17, 15) is 14.4 Å². The van der Waals surface area contributed by atoms with Crippen LogP contribution in [0.2, 0.25) is 0 Å². The normalized spacial score (nSPS) is 9.88. The molecular weight excluding hydrogens is 338 g/mol. The fourth-order valence-corrected chi connectivity index (χ4v) is 2.05. The average molecular weight is 357 g/mol. The van der Waals surface area contributed by atoms with Crippen LogP contribution in [0.15, 0.2) is 54.6 Å². The Kier molecular flexibility index (Phi) is 7.17. The Labute approximate surface area is 150 Å². The van der Waals surface area contributed by atoms with Gasteiger partial charge in [0.25, 0.3) is 5.91 Å². The molecule has 0 unspecified atom stereocenters. The van der Waals surface area contributed by atoms with Crippen molar-refractivity contribution in [3.63, 3.8) is 0 Å². The summed E-state index contributed by atoms with van der Waals surface area (Å²) >= 11 is 0. The summed E-state index contributed by atoms with van der Waals surface area (Å²) in [4.78, 5) is 34.9. The molecule has 0 fully saturated rings. The minimum absolute atomic E-state index is 0.133. The molecule has 136 valence electrons. The van der Waals surface area contributed by atoms with Gasteiger partial charge in [0.05, 0.1) is 12.2 Å². The SMILES string of the molecule is CCOC(=O)NC(=O)COC(=O)c1ccccc1COc1ccccc1. The summed E-state index contributed by atoms with van der Waals surface area (Å²) in [6, 6.07) is 15.9. The number of carbonyl (C=O) groups is 3. The molecule has 0 aliphatic rings. The van der Waals surface area contributed by atoms with Gasteiger partial charge >= 0.3 is 12.1 Å². The lowest BCUT2D eigenvalue weighted by Crippen LogP contribution is -2.34. The predicted octanol–water partition coefficient (Wildman–Crippen LogP) is 2.70. The first-order valence-corrected chi connectivity index (χ1v) is 7.99. The Bertz CT molecular complexity index is 760. The van der Waals surface area contributed by atoms with Gasteiger partial charge in [-0.05, 0) is 25.1 Å². The van der Waals surface area contributed by atoms with E-state index < -0.39 is 24.6 Å². The number of hydrogen-bond donors (Lipinski definition) is 1. The van der Waals surface area contributed by atoms with E-state index in [1.807, 2.05) is 23.5 Å². The highest BCUT2D eigenvalue weighted by atomic mass is 16.6.